The number of esters is 1. The van der Waals surface area contributed by atoms with Crippen molar-refractivity contribution in [3.05, 3.63) is 53.3 Å². The Balaban J connectivity index is 2.21. The number of hydrogen-bond donors (Lipinski definition) is 1. The smallest absolute Gasteiger partial charge is 0.341 e. The average Bonchev–Trinajstić information content (AvgIpc) is 2.74. The molecule has 2 rings (SSSR count). The third-order valence-electron chi connectivity index (χ3n) is 4.24. The van der Waals surface area contributed by atoms with Gasteiger partial charge in [0.15, 0.2) is 11.5 Å². The van der Waals surface area contributed by atoms with Crippen LogP contribution in [0.15, 0.2) is 47.8 Å². The molecule has 1 atom stereocenters. The topological polar surface area (TPSA) is 74.2 Å². The fourth-order valence-electron chi connectivity index (χ4n) is 2.47. The van der Waals surface area contributed by atoms with Crippen LogP contribution >= 0.6 is 0 Å². The number of hydrogen-bond acceptors (Lipinski definition) is 6. The Morgan fingerprint density at radius 2 is 2.04 bits per heavy atom. The maximum absolute atomic E-state index is 11.8. The second-order valence-corrected chi connectivity index (χ2v) is 6.71. The van der Waals surface area contributed by atoms with Crippen molar-refractivity contribution < 1.29 is 28.8 Å². The summed E-state index contributed by atoms with van der Waals surface area (Å²) < 4.78 is 21.2. The Bertz CT molecular complexity index is 773. The number of rotatable bonds is 5. The molecule has 1 aromatic carbocycles. The molecule has 0 radical (unpaired) electrons. The fraction of sp³-hybridized carbons (Fsp3) is 0.381. The molecule has 0 unspecified atom stereocenters. The third-order valence-corrected chi connectivity index (χ3v) is 4.24. The number of carbonyl (C=O) groups is 1. The maximum Gasteiger partial charge on any atom is 0.341 e. The van der Waals surface area contributed by atoms with Crippen molar-refractivity contribution in [3.63, 3.8) is 0 Å². The van der Waals surface area contributed by atoms with E-state index in [0.29, 0.717) is 22.6 Å². The predicted octanol–water partition coefficient (Wildman–Crippen LogP) is 3.26. The minimum absolute atomic E-state index is 0.180. The normalized spacial score (nSPS) is 19.6. The number of fused-ring (bicyclic) bond motifs is 1. The van der Waals surface area contributed by atoms with E-state index >= 15 is 0 Å². The molecule has 146 valence electrons. The summed E-state index contributed by atoms with van der Waals surface area (Å²) in [4.78, 5) is 11.8. The highest BCUT2D eigenvalue weighted by Gasteiger charge is 2.34. The van der Waals surface area contributed by atoms with Gasteiger partial charge in [0.2, 0.25) is 0 Å². The van der Waals surface area contributed by atoms with Gasteiger partial charge in [-0.25, -0.2) is 4.79 Å². The number of allylic oxidation sites excluding steroid dienone is 2. The van der Waals surface area contributed by atoms with Crippen molar-refractivity contribution in [1.29, 1.82) is 0 Å². The molecule has 6 nitrogen and oxygen atoms in total. The summed E-state index contributed by atoms with van der Waals surface area (Å²) in [5, 5.41) is 10.1. The van der Waals surface area contributed by atoms with E-state index in [9.17, 15) is 9.90 Å². The molecule has 1 aliphatic heterocycles. The van der Waals surface area contributed by atoms with Crippen LogP contribution in [0.1, 0.15) is 26.3 Å². The molecule has 1 aromatic rings. The summed E-state index contributed by atoms with van der Waals surface area (Å²) in [6.07, 6.45) is 6.12. The highest BCUT2D eigenvalue weighted by molar-refractivity contribution is 5.93. The van der Waals surface area contributed by atoms with Crippen LogP contribution in [0.25, 0.3) is 6.08 Å². The lowest BCUT2D eigenvalue weighted by Gasteiger charge is -2.28. The third kappa shape index (κ3) is 5.14. The highest BCUT2D eigenvalue weighted by Crippen LogP contribution is 2.35. The van der Waals surface area contributed by atoms with Crippen molar-refractivity contribution >= 4 is 12.0 Å². The molecule has 0 fully saturated rings. The molecule has 0 saturated heterocycles. The summed E-state index contributed by atoms with van der Waals surface area (Å²) in [6.45, 7) is 5.62. The quantitative estimate of drug-likeness (QED) is 0.369. The number of benzene rings is 1. The Labute approximate surface area is 159 Å². The van der Waals surface area contributed by atoms with Crippen LogP contribution in [-0.4, -0.2) is 43.6 Å². The summed E-state index contributed by atoms with van der Waals surface area (Å²) in [5.74, 6) is 0.712. The van der Waals surface area contributed by atoms with Gasteiger partial charge in [0, 0.05) is 0 Å². The lowest BCUT2D eigenvalue weighted by molar-refractivity contribution is -0.135. The number of aliphatic hydroxyl groups is 1. The Kier molecular flexibility index (Phi) is 6.69. The Hall–Kier alpha value is -2.73. The van der Waals surface area contributed by atoms with Gasteiger partial charge in [0.05, 0.1) is 26.1 Å². The minimum atomic E-state index is -0.746. The molecule has 1 aliphatic rings. The van der Waals surface area contributed by atoms with E-state index in [1.54, 1.807) is 13.0 Å². The molecule has 0 amide bonds. The van der Waals surface area contributed by atoms with Crippen molar-refractivity contribution in [2.75, 3.05) is 20.8 Å². The van der Waals surface area contributed by atoms with Crippen LogP contribution < -0.4 is 9.47 Å². The maximum atomic E-state index is 11.8. The van der Waals surface area contributed by atoms with Gasteiger partial charge in [0.25, 0.3) is 0 Å². The van der Waals surface area contributed by atoms with Gasteiger partial charge in [-0.2, -0.15) is 0 Å². The first kappa shape index (κ1) is 20.6. The molecule has 27 heavy (non-hydrogen) atoms. The van der Waals surface area contributed by atoms with Crippen molar-refractivity contribution in [2.45, 2.75) is 32.5 Å². The van der Waals surface area contributed by atoms with Gasteiger partial charge in [0.1, 0.15) is 18.3 Å². The minimum Gasteiger partial charge on any atom is -0.503 e. The van der Waals surface area contributed by atoms with Crippen LogP contribution in [0, 0.1) is 0 Å². The van der Waals surface area contributed by atoms with Crippen LogP contribution in [0.4, 0.5) is 0 Å². The van der Waals surface area contributed by atoms with E-state index in [2.05, 4.69) is 0 Å². The standard InChI is InChI=1S/C21H26O6/c1-14(16(12-24-4)20(23)25-5)7-6-8-15-9-10-17-18(11-15)27-21(2,3)19(22)13-26-17/h6-12,19,22H,13H2,1-5H3/t19-/m0/s1. The van der Waals surface area contributed by atoms with E-state index in [-0.39, 0.29) is 6.61 Å². The van der Waals surface area contributed by atoms with Gasteiger partial charge in [-0.05, 0) is 44.0 Å². The molecule has 0 spiro atoms. The first-order valence-electron chi connectivity index (χ1n) is 8.59. The summed E-state index contributed by atoms with van der Waals surface area (Å²) in [5.41, 5.74) is 1.20. The van der Waals surface area contributed by atoms with Crippen LogP contribution in [0.3, 0.4) is 0 Å². The SMILES string of the molecule is COC=C(C(=O)OC)C(C)=CC=Cc1ccc2c(c1)OC(C)(C)[C@@H](O)CO2. The monoisotopic (exact) mass is 374 g/mol. The molecular weight excluding hydrogens is 348 g/mol. The first-order chi connectivity index (χ1) is 12.8. The van der Waals surface area contributed by atoms with Crippen LogP contribution in [0.2, 0.25) is 0 Å². The largest absolute Gasteiger partial charge is 0.503 e. The zero-order chi connectivity index (χ0) is 20.0. The first-order valence-corrected chi connectivity index (χ1v) is 8.59. The van der Waals surface area contributed by atoms with Crippen LogP contribution in [-0.2, 0) is 14.3 Å². The average molecular weight is 374 g/mol. The van der Waals surface area contributed by atoms with Crippen molar-refractivity contribution in [1.82, 2.24) is 0 Å². The molecule has 0 bridgehead atoms. The lowest BCUT2D eigenvalue weighted by Crippen LogP contribution is -2.43. The van der Waals surface area contributed by atoms with Gasteiger partial charge < -0.3 is 24.1 Å². The highest BCUT2D eigenvalue weighted by atomic mass is 16.6. The van der Waals surface area contributed by atoms with Crippen LogP contribution in [0.5, 0.6) is 11.5 Å². The lowest BCUT2D eigenvalue weighted by atomic mass is 10.0. The summed E-state index contributed by atoms with van der Waals surface area (Å²) >= 11 is 0. The second-order valence-electron chi connectivity index (χ2n) is 6.71. The van der Waals surface area contributed by atoms with Gasteiger partial charge >= 0.3 is 5.97 Å². The second kappa shape index (κ2) is 8.77. The molecule has 0 saturated carbocycles. The number of aliphatic hydroxyl groups excluding tert-OH is 1. The van der Waals surface area contributed by atoms with E-state index in [1.165, 1.54) is 20.5 Å². The van der Waals surface area contributed by atoms with E-state index < -0.39 is 17.7 Å². The van der Waals surface area contributed by atoms with E-state index in [0.717, 1.165) is 5.56 Å². The molecule has 0 aliphatic carbocycles. The molecule has 0 aromatic heterocycles. The van der Waals surface area contributed by atoms with Gasteiger partial charge in [-0.15, -0.1) is 0 Å². The van der Waals surface area contributed by atoms with E-state index in [1.807, 2.05) is 44.2 Å². The van der Waals surface area contributed by atoms with E-state index in [4.69, 9.17) is 18.9 Å². The Morgan fingerprint density at radius 1 is 1.30 bits per heavy atom. The number of ether oxygens (including phenoxy) is 4. The zero-order valence-electron chi connectivity index (χ0n) is 16.3. The van der Waals surface area contributed by atoms with Crippen molar-refractivity contribution in [3.8, 4) is 11.5 Å². The molecular formula is C21H26O6. The van der Waals surface area contributed by atoms with Gasteiger partial charge in [-0.3, -0.25) is 0 Å². The number of methoxy groups -OCH3 is 2. The molecule has 1 N–H and O–H groups in total. The molecule has 1 heterocycles. The van der Waals surface area contributed by atoms with Crippen molar-refractivity contribution in [2.24, 2.45) is 0 Å². The Morgan fingerprint density at radius 3 is 2.70 bits per heavy atom. The molecule has 6 heteroatoms. The zero-order valence-corrected chi connectivity index (χ0v) is 16.3. The van der Waals surface area contributed by atoms with Gasteiger partial charge in [-0.1, -0.05) is 24.3 Å². The summed E-state index contributed by atoms with van der Waals surface area (Å²) in [7, 11) is 2.80. The predicted molar refractivity (Wildman–Crippen MR) is 103 cm³/mol. The fourth-order valence-corrected chi connectivity index (χ4v) is 2.47. The summed E-state index contributed by atoms with van der Waals surface area (Å²) in [6, 6.07) is 5.55. The number of carbonyl (C=O) groups excluding carboxylic acids is 1.